The third-order valence-electron chi connectivity index (χ3n) is 6.98. The van der Waals surface area contributed by atoms with E-state index in [2.05, 4.69) is 0 Å². The second-order valence-corrected chi connectivity index (χ2v) is 7.81. The summed E-state index contributed by atoms with van der Waals surface area (Å²) < 4.78 is 0. The highest BCUT2D eigenvalue weighted by Gasteiger charge is 2.49. The van der Waals surface area contributed by atoms with Crippen LogP contribution in [0, 0.1) is 41.4 Å². The van der Waals surface area contributed by atoms with E-state index < -0.39 is 0 Å². The lowest BCUT2D eigenvalue weighted by atomic mass is 9.72. The van der Waals surface area contributed by atoms with Crippen LogP contribution in [-0.4, -0.2) is 17.5 Å². The maximum Gasteiger partial charge on any atom is 0.141 e. The number of aliphatic hydroxyl groups is 1. The number of aliphatic hydroxyl groups excluding tert-OH is 1. The average Bonchev–Trinajstić information content (AvgIpc) is 3.19. The highest BCUT2D eigenvalue weighted by molar-refractivity contribution is 5.84. The number of carbonyl (C=O) groups is 1. The van der Waals surface area contributed by atoms with Crippen molar-refractivity contribution in [2.45, 2.75) is 51.4 Å². The second kappa shape index (κ2) is 4.58. The molecule has 106 valence electrons. The number of carbonyl (C=O) groups excluding carboxylic acids is 1. The van der Waals surface area contributed by atoms with Gasteiger partial charge in [0.25, 0.3) is 0 Å². The monoisotopic (exact) mass is 262 g/mol. The van der Waals surface area contributed by atoms with Crippen LogP contribution in [-0.2, 0) is 4.79 Å². The number of ketones is 1. The predicted octanol–water partition coefficient (Wildman–Crippen LogP) is 3.04. The van der Waals surface area contributed by atoms with Crippen LogP contribution in [0.4, 0.5) is 0 Å². The lowest BCUT2D eigenvalue weighted by molar-refractivity contribution is -0.132. The summed E-state index contributed by atoms with van der Waals surface area (Å²) in [5, 5.41) is 9.79. The van der Waals surface area contributed by atoms with Gasteiger partial charge < -0.3 is 5.11 Å². The van der Waals surface area contributed by atoms with Crippen LogP contribution < -0.4 is 0 Å². The highest BCUT2D eigenvalue weighted by Crippen LogP contribution is 2.54. The molecule has 4 aliphatic carbocycles. The molecule has 4 saturated carbocycles. The van der Waals surface area contributed by atoms with Gasteiger partial charge in [-0.1, -0.05) is 12.8 Å². The Balaban J connectivity index is 1.48. The van der Waals surface area contributed by atoms with Crippen molar-refractivity contribution < 1.29 is 9.90 Å². The summed E-state index contributed by atoms with van der Waals surface area (Å²) in [5.41, 5.74) is 0. The summed E-state index contributed by atoms with van der Waals surface area (Å²) in [6.45, 7) is 0.112. The minimum atomic E-state index is -0.0142. The van der Waals surface area contributed by atoms with Gasteiger partial charge in [0, 0.05) is 11.8 Å². The number of Topliss-reactive ketones (excluding diaryl/α,β-unsaturated/α-hetero) is 1. The maximum atomic E-state index is 12.9. The van der Waals surface area contributed by atoms with E-state index in [-0.39, 0.29) is 12.5 Å². The van der Waals surface area contributed by atoms with Crippen molar-refractivity contribution in [3.8, 4) is 0 Å². The molecule has 4 fully saturated rings. The van der Waals surface area contributed by atoms with Gasteiger partial charge in [-0.3, -0.25) is 4.79 Å². The lowest BCUT2D eigenvalue weighted by Gasteiger charge is -2.32. The molecule has 0 amide bonds. The zero-order chi connectivity index (χ0) is 13.0. The first-order chi connectivity index (χ1) is 9.26. The molecule has 4 aliphatic rings. The first-order valence-electron chi connectivity index (χ1n) is 8.40. The molecule has 4 rings (SSSR count). The SMILES string of the molecule is O=C(C1CC2CCC1C2)C(CO)C1CC2CCC1C2. The molecule has 0 aromatic heterocycles. The molecule has 0 aromatic carbocycles. The fourth-order valence-corrected chi connectivity index (χ4v) is 6.09. The van der Waals surface area contributed by atoms with Crippen molar-refractivity contribution in [3.63, 3.8) is 0 Å². The number of hydrogen-bond acceptors (Lipinski definition) is 2. The predicted molar refractivity (Wildman–Crippen MR) is 73.5 cm³/mol. The van der Waals surface area contributed by atoms with Crippen LogP contribution in [0.15, 0.2) is 0 Å². The minimum Gasteiger partial charge on any atom is -0.396 e. The maximum absolute atomic E-state index is 12.9. The van der Waals surface area contributed by atoms with E-state index in [1.54, 1.807) is 0 Å². The van der Waals surface area contributed by atoms with E-state index in [0.717, 1.165) is 24.2 Å². The van der Waals surface area contributed by atoms with Gasteiger partial charge in [0.15, 0.2) is 0 Å². The van der Waals surface area contributed by atoms with Crippen LogP contribution >= 0.6 is 0 Å². The van der Waals surface area contributed by atoms with Crippen LogP contribution in [0.3, 0.4) is 0 Å². The summed E-state index contributed by atoms with van der Waals surface area (Å²) in [7, 11) is 0. The van der Waals surface area contributed by atoms with Crippen molar-refractivity contribution in [2.75, 3.05) is 6.61 Å². The summed E-state index contributed by atoms with van der Waals surface area (Å²) in [5.74, 6) is 4.40. The molecule has 0 aromatic rings. The van der Waals surface area contributed by atoms with E-state index in [1.165, 1.54) is 44.9 Å². The molecule has 2 heteroatoms. The molecule has 0 radical (unpaired) electrons. The van der Waals surface area contributed by atoms with E-state index in [0.29, 0.717) is 23.5 Å². The second-order valence-electron chi connectivity index (χ2n) is 7.81. The Morgan fingerprint density at radius 1 is 0.947 bits per heavy atom. The third-order valence-corrected chi connectivity index (χ3v) is 6.98. The molecule has 2 nitrogen and oxygen atoms in total. The number of rotatable bonds is 4. The molecule has 1 N–H and O–H groups in total. The summed E-state index contributed by atoms with van der Waals surface area (Å²) in [4.78, 5) is 12.9. The Hall–Kier alpha value is -0.370. The molecule has 7 unspecified atom stereocenters. The Kier molecular flexibility index (Phi) is 2.98. The zero-order valence-corrected chi connectivity index (χ0v) is 11.8. The van der Waals surface area contributed by atoms with Gasteiger partial charge in [-0.25, -0.2) is 0 Å². The van der Waals surface area contributed by atoms with Gasteiger partial charge in [-0.2, -0.15) is 0 Å². The number of fused-ring (bicyclic) bond motifs is 4. The van der Waals surface area contributed by atoms with E-state index in [4.69, 9.17) is 0 Å². The highest BCUT2D eigenvalue weighted by atomic mass is 16.3. The van der Waals surface area contributed by atoms with Gasteiger partial charge in [0.1, 0.15) is 5.78 Å². The molecule has 0 heterocycles. The molecule has 7 atom stereocenters. The van der Waals surface area contributed by atoms with E-state index in [9.17, 15) is 9.90 Å². The Morgan fingerprint density at radius 2 is 1.63 bits per heavy atom. The molecule has 0 spiro atoms. The van der Waals surface area contributed by atoms with Gasteiger partial charge in [-0.15, -0.1) is 0 Å². The fourth-order valence-electron chi connectivity index (χ4n) is 6.09. The largest absolute Gasteiger partial charge is 0.396 e. The molecule has 4 bridgehead atoms. The van der Waals surface area contributed by atoms with Crippen LogP contribution in [0.25, 0.3) is 0 Å². The average molecular weight is 262 g/mol. The fraction of sp³-hybridized carbons (Fsp3) is 0.941. The molecule has 0 saturated heterocycles. The van der Waals surface area contributed by atoms with E-state index >= 15 is 0 Å². The van der Waals surface area contributed by atoms with E-state index in [1.807, 2.05) is 0 Å². The lowest BCUT2D eigenvalue weighted by Crippen LogP contribution is -2.36. The van der Waals surface area contributed by atoms with Crippen molar-refractivity contribution in [1.29, 1.82) is 0 Å². The third kappa shape index (κ3) is 1.90. The van der Waals surface area contributed by atoms with Crippen LogP contribution in [0.5, 0.6) is 0 Å². The topological polar surface area (TPSA) is 37.3 Å². The smallest absolute Gasteiger partial charge is 0.141 e. The zero-order valence-electron chi connectivity index (χ0n) is 11.8. The first-order valence-corrected chi connectivity index (χ1v) is 8.40. The van der Waals surface area contributed by atoms with Gasteiger partial charge in [-0.05, 0) is 68.1 Å². The van der Waals surface area contributed by atoms with Gasteiger partial charge >= 0.3 is 0 Å². The minimum absolute atomic E-state index is 0.0142. The Bertz CT molecular complexity index is 377. The summed E-state index contributed by atoms with van der Waals surface area (Å²) >= 11 is 0. The van der Waals surface area contributed by atoms with Gasteiger partial charge in [0.2, 0.25) is 0 Å². The van der Waals surface area contributed by atoms with Crippen molar-refractivity contribution >= 4 is 5.78 Å². The quantitative estimate of drug-likeness (QED) is 0.845. The van der Waals surface area contributed by atoms with Crippen molar-refractivity contribution in [1.82, 2.24) is 0 Å². The van der Waals surface area contributed by atoms with Crippen LogP contribution in [0.1, 0.15) is 51.4 Å². The Labute approximate surface area is 116 Å². The molecule has 0 aliphatic heterocycles. The van der Waals surface area contributed by atoms with Gasteiger partial charge in [0.05, 0.1) is 6.61 Å². The Morgan fingerprint density at radius 3 is 2.11 bits per heavy atom. The summed E-state index contributed by atoms with van der Waals surface area (Å²) in [6.07, 6.45) is 10.3. The molecule has 19 heavy (non-hydrogen) atoms. The molecular weight excluding hydrogens is 236 g/mol. The summed E-state index contributed by atoms with van der Waals surface area (Å²) in [6, 6.07) is 0. The first kappa shape index (κ1) is 12.4. The van der Waals surface area contributed by atoms with Crippen LogP contribution in [0.2, 0.25) is 0 Å². The normalized spacial score (nSPS) is 48.9. The standard InChI is InChI=1S/C17H26O2/c18-9-16(14-7-10-1-3-12(14)5-10)17(19)15-8-11-2-4-13(15)6-11/h10-16,18H,1-9H2. The number of hydrogen-bond donors (Lipinski definition) is 1. The van der Waals surface area contributed by atoms with Crippen molar-refractivity contribution in [2.24, 2.45) is 41.4 Å². The molecular formula is C17H26O2. The van der Waals surface area contributed by atoms with Crippen molar-refractivity contribution in [3.05, 3.63) is 0 Å².